The van der Waals surface area contributed by atoms with Gasteiger partial charge >= 0.3 is 0 Å². The molecule has 2 aromatic rings. The van der Waals surface area contributed by atoms with E-state index in [2.05, 4.69) is 15.9 Å². The second-order valence-electron chi connectivity index (χ2n) is 4.70. The first kappa shape index (κ1) is 13.4. The Hall–Kier alpha value is -1.55. The van der Waals surface area contributed by atoms with Gasteiger partial charge in [0.2, 0.25) is 0 Å². The van der Waals surface area contributed by atoms with Gasteiger partial charge in [-0.2, -0.15) is 0 Å². The van der Waals surface area contributed by atoms with E-state index in [1.807, 2.05) is 30.3 Å². The fraction of sp³-hybridized carbons (Fsp3) is 0.250. The number of hydrogen-bond acceptors (Lipinski definition) is 2. The molecule has 0 aliphatic carbocycles. The van der Waals surface area contributed by atoms with Crippen LogP contribution in [0, 0.1) is 5.82 Å². The van der Waals surface area contributed by atoms with Crippen LogP contribution in [-0.2, 0) is 6.42 Å². The Morgan fingerprint density at radius 1 is 1.00 bits per heavy atom. The van der Waals surface area contributed by atoms with Gasteiger partial charge in [-0.3, -0.25) is 0 Å². The van der Waals surface area contributed by atoms with E-state index in [-0.39, 0.29) is 10.6 Å². The number of benzene rings is 2. The van der Waals surface area contributed by atoms with Crippen molar-refractivity contribution in [3.63, 3.8) is 0 Å². The Labute approximate surface area is 125 Å². The summed E-state index contributed by atoms with van der Waals surface area (Å²) >= 11 is 3.68. The van der Waals surface area contributed by atoms with Gasteiger partial charge in [0.15, 0.2) is 11.5 Å². The highest BCUT2D eigenvalue weighted by molar-refractivity contribution is 9.09. The van der Waals surface area contributed by atoms with Crippen molar-refractivity contribution < 1.29 is 13.9 Å². The van der Waals surface area contributed by atoms with Gasteiger partial charge in [-0.1, -0.05) is 34.1 Å². The van der Waals surface area contributed by atoms with Crippen molar-refractivity contribution in [3.8, 4) is 11.5 Å². The number of fused-ring (bicyclic) bond motifs is 1. The molecule has 0 saturated heterocycles. The quantitative estimate of drug-likeness (QED) is 0.779. The van der Waals surface area contributed by atoms with Crippen LogP contribution in [0.15, 0.2) is 42.5 Å². The third-order valence-corrected chi connectivity index (χ3v) is 4.11. The SMILES string of the molecule is Fc1ccc(CC(Br)c2ccc3c(c2)OCCO3)cc1. The molecule has 20 heavy (non-hydrogen) atoms. The minimum absolute atomic E-state index is 0.156. The average molecular weight is 337 g/mol. The smallest absolute Gasteiger partial charge is 0.161 e. The standard InChI is InChI=1S/C16H14BrFO2/c17-14(9-11-1-4-13(18)5-2-11)12-3-6-15-16(10-12)20-8-7-19-15/h1-6,10,14H,7-9H2. The van der Waals surface area contributed by atoms with Crippen molar-refractivity contribution in [1.82, 2.24) is 0 Å². The predicted octanol–water partition coefficient (Wildman–Crippen LogP) is 4.28. The summed E-state index contributed by atoms with van der Waals surface area (Å²) in [6, 6.07) is 12.5. The molecule has 2 nitrogen and oxygen atoms in total. The number of halogens is 2. The van der Waals surface area contributed by atoms with Crippen molar-refractivity contribution >= 4 is 15.9 Å². The molecule has 3 rings (SSSR count). The summed E-state index contributed by atoms with van der Waals surface area (Å²) in [5.41, 5.74) is 2.21. The topological polar surface area (TPSA) is 18.5 Å². The van der Waals surface area contributed by atoms with Gasteiger partial charge in [0.05, 0.1) is 0 Å². The Bertz CT molecular complexity index is 598. The van der Waals surface area contributed by atoms with Gasteiger partial charge in [-0.25, -0.2) is 4.39 Å². The van der Waals surface area contributed by atoms with Gasteiger partial charge in [0, 0.05) is 4.83 Å². The molecular formula is C16H14BrFO2. The van der Waals surface area contributed by atoms with E-state index in [0.29, 0.717) is 13.2 Å². The third-order valence-electron chi connectivity index (χ3n) is 3.26. The van der Waals surface area contributed by atoms with E-state index in [0.717, 1.165) is 29.0 Å². The molecule has 0 radical (unpaired) electrons. The molecule has 104 valence electrons. The normalized spacial score (nSPS) is 14.9. The lowest BCUT2D eigenvalue weighted by Gasteiger charge is -2.20. The van der Waals surface area contributed by atoms with E-state index in [9.17, 15) is 4.39 Å². The number of ether oxygens (including phenoxy) is 2. The van der Waals surface area contributed by atoms with Gasteiger partial charge < -0.3 is 9.47 Å². The largest absolute Gasteiger partial charge is 0.486 e. The zero-order valence-corrected chi connectivity index (χ0v) is 12.4. The molecule has 1 aliphatic heterocycles. The maximum absolute atomic E-state index is 12.9. The van der Waals surface area contributed by atoms with Crippen LogP contribution in [0.1, 0.15) is 16.0 Å². The first-order valence-electron chi connectivity index (χ1n) is 6.50. The first-order valence-corrected chi connectivity index (χ1v) is 7.42. The van der Waals surface area contributed by atoms with Crippen molar-refractivity contribution in [1.29, 1.82) is 0 Å². The highest BCUT2D eigenvalue weighted by atomic mass is 79.9. The van der Waals surface area contributed by atoms with Gasteiger partial charge in [-0.05, 0) is 41.8 Å². The zero-order chi connectivity index (χ0) is 13.9. The maximum Gasteiger partial charge on any atom is 0.161 e. The van der Waals surface area contributed by atoms with Crippen molar-refractivity contribution in [2.24, 2.45) is 0 Å². The average Bonchev–Trinajstić information content (AvgIpc) is 2.49. The summed E-state index contributed by atoms with van der Waals surface area (Å²) in [4.78, 5) is 0.156. The van der Waals surface area contributed by atoms with E-state index in [1.54, 1.807) is 0 Å². The van der Waals surface area contributed by atoms with E-state index >= 15 is 0 Å². The van der Waals surface area contributed by atoms with Crippen LogP contribution in [0.4, 0.5) is 4.39 Å². The molecule has 2 aromatic carbocycles. The number of rotatable bonds is 3. The van der Waals surface area contributed by atoms with Crippen LogP contribution >= 0.6 is 15.9 Å². The second kappa shape index (κ2) is 5.83. The van der Waals surface area contributed by atoms with Crippen molar-refractivity contribution in [2.75, 3.05) is 13.2 Å². The fourth-order valence-corrected chi connectivity index (χ4v) is 2.86. The summed E-state index contributed by atoms with van der Waals surface area (Å²) in [6.07, 6.45) is 0.792. The van der Waals surface area contributed by atoms with Crippen LogP contribution < -0.4 is 9.47 Å². The lowest BCUT2D eigenvalue weighted by atomic mass is 10.0. The maximum atomic E-state index is 12.9. The minimum Gasteiger partial charge on any atom is -0.486 e. The van der Waals surface area contributed by atoms with Gasteiger partial charge in [-0.15, -0.1) is 0 Å². The van der Waals surface area contributed by atoms with Crippen LogP contribution in [0.5, 0.6) is 11.5 Å². The minimum atomic E-state index is -0.209. The lowest BCUT2D eigenvalue weighted by molar-refractivity contribution is 0.171. The van der Waals surface area contributed by atoms with Crippen LogP contribution in [0.25, 0.3) is 0 Å². The Morgan fingerprint density at radius 3 is 2.45 bits per heavy atom. The molecule has 1 unspecified atom stereocenters. The van der Waals surface area contributed by atoms with Gasteiger partial charge in [0.25, 0.3) is 0 Å². The fourth-order valence-electron chi connectivity index (χ4n) is 2.20. The zero-order valence-electron chi connectivity index (χ0n) is 10.8. The first-order chi connectivity index (χ1) is 9.72. The van der Waals surface area contributed by atoms with Crippen LogP contribution in [0.2, 0.25) is 0 Å². The van der Waals surface area contributed by atoms with E-state index < -0.39 is 0 Å². The summed E-state index contributed by atoms with van der Waals surface area (Å²) in [7, 11) is 0. The monoisotopic (exact) mass is 336 g/mol. The molecule has 1 heterocycles. The molecule has 4 heteroatoms. The second-order valence-corrected chi connectivity index (χ2v) is 5.81. The van der Waals surface area contributed by atoms with E-state index in [4.69, 9.17) is 9.47 Å². The van der Waals surface area contributed by atoms with Crippen LogP contribution in [-0.4, -0.2) is 13.2 Å². The molecule has 0 fully saturated rings. The summed E-state index contributed by atoms with van der Waals surface area (Å²) < 4.78 is 24.0. The third kappa shape index (κ3) is 2.96. The molecule has 0 N–H and O–H groups in total. The molecule has 1 atom stereocenters. The molecule has 0 aromatic heterocycles. The highest BCUT2D eigenvalue weighted by Crippen LogP contribution is 2.36. The number of alkyl halides is 1. The van der Waals surface area contributed by atoms with Gasteiger partial charge in [0.1, 0.15) is 19.0 Å². The molecule has 0 spiro atoms. The molecule has 1 aliphatic rings. The Balaban J connectivity index is 1.76. The van der Waals surface area contributed by atoms with Crippen LogP contribution in [0.3, 0.4) is 0 Å². The lowest BCUT2D eigenvalue weighted by Crippen LogP contribution is -2.15. The molecular weight excluding hydrogens is 323 g/mol. The summed E-state index contributed by atoms with van der Waals surface area (Å²) in [5, 5.41) is 0. The highest BCUT2D eigenvalue weighted by Gasteiger charge is 2.15. The van der Waals surface area contributed by atoms with E-state index in [1.165, 1.54) is 12.1 Å². The molecule has 0 amide bonds. The summed E-state index contributed by atoms with van der Waals surface area (Å²) in [5.74, 6) is 1.37. The predicted molar refractivity (Wildman–Crippen MR) is 79.2 cm³/mol. The number of hydrogen-bond donors (Lipinski definition) is 0. The van der Waals surface area contributed by atoms with Crippen molar-refractivity contribution in [3.05, 3.63) is 59.4 Å². The Kier molecular flexibility index (Phi) is 3.92. The molecule has 0 bridgehead atoms. The Morgan fingerprint density at radius 2 is 1.70 bits per heavy atom. The molecule has 0 saturated carbocycles. The summed E-state index contributed by atoms with van der Waals surface area (Å²) in [6.45, 7) is 1.18. The van der Waals surface area contributed by atoms with Crippen molar-refractivity contribution in [2.45, 2.75) is 11.2 Å².